The summed E-state index contributed by atoms with van der Waals surface area (Å²) in [4.78, 5) is 8.74. The van der Waals surface area contributed by atoms with Gasteiger partial charge in [-0.2, -0.15) is 14.2 Å². The number of pyridine rings is 1. The fourth-order valence-electron chi connectivity index (χ4n) is 2.63. The Bertz CT molecular complexity index is 952. The lowest BCUT2D eigenvalue weighted by atomic mass is 10.2. The van der Waals surface area contributed by atoms with Crippen LogP contribution in [0.3, 0.4) is 0 Å². The van der Waals surface area contributed by atoms with Crippen LogP contribution in [-0.4, -0.2) is 19.6 Å². The molecule has 0 amide bonds. The van der Waals surface area contributed by atoms with Crippen molar-refractivity contribution >= 4 is 17.0 Å². The van der Waals surface area contributed by atoms with Gasteiger partial charge in [0.05, 0.1) is 5.56 Å². The van der Waals surface area contributed by atoms with E-state index in [0.717, 1.165) is 29.3 Å². The third kappa shape index (κ3) is 1.02. The molecule has 1 aliphatic heterocycles. The van der Waals surface area contributed by atoms with Crippen LogP contribution >= 0.6 is 0 Å². The Morgan fingerprint density at radius 1 is 1.26 bits per heavy atom. The van der Waals surface area contributed by atoms with E-state index in [1.807, 2.05) is 24.4 Å². The van der Waals surface area contributed by atoms with E-state index in [1.165, 1.54) is 5.56 Å². The van der Waals surface area contributed by atoms with Gasteiger partial charge in [-0.05, 0) is 17.1 Å². The van der Waals surface area contributed by atoms with Crippen molar-refractivity contribution in [1.29, 1.82) is 0 Å². The summed E-state index contributed by atoms with van der Waals surface area (Å²) in [7, 11) is 0. The highest BCUT2D eigenvalue weighted by atomic mass is 16.4. The highest BCUT2D eigenvalue weighted by molar-refractivity contribution is 5.71. The third-order valence-electron chi connectivity index (χ3n) is 3.50. The number of aromatic nitrogens is 5. The summed E-state index contributed by atoms with van der Waals surface area (Å²) < 4.78 is 9.74. The van der Waals surface area contributed by atoms with Crippen molar-refractivity contribution in [3.05, 3.63) is 42.4 Å². The summed E-state index contributed by atoms with van der Waals surface area (Å²) in [6, 6.07) is 5.79. The van der Waals surface area contributed by atoms with E-state index in [1.54, 1.807) is 16.9 Å². The van der Waals surface area contributed by atoms with Gasteiger partial charge in [-0.25, -0.2) is 0 Å². The molecule has 0 fully saturated rings. The van der Waals surface area contributed by atoms with Crippen molar-refractivity contribution in [2.24, 2.45) is 0 Å². The molecule has 0 N–H and O–H groups in total. The van der Waals surface area contributed by atoms with Crippen LogP contribution in [0.2, 0.25) is 0 Å². The highest BCUT2D eigenvalue weighted by Gasteiger charge is 2.34. The lowest BCUT2D eigenvalue weighted by molar-refractivity contribution is -0.651. The average molecular weight is 250 g/mol. The van der Waals surface area contributed by atoms with E-state index in [9.17, 15) is 0 Å². The summed E-state index contributed by atoms with van der Waals surface area (Å²) >= 11 is 0. The quantitative estimate of drug-likeness (QED) is 0.387. The second kappa shape index (κ2) is 2.97. The number of rotatable bonds is 0. The maximum Gasteiger partial charge on any atom is 0.392 e. The zero-order valence-electron chi connectivity index (χ0n) is 9.82. The maximum atomic E-state index is 5.95. The van der Waals surface area contributed by atoms with Crippen LogP contribution in [0.4, 0.5) is 0 Å². The SMILES string of the molecule is c1cnn2c(c1)nc1c2oc2[n+]1Cc1ccncc1-2. The Morgan fingerprint density at radius 3 is 3.26 bits per heavy atom. The van der Waals surface area contributed by atoms with Gasteiger partial charge >= 0.3 is 17.3 Å². The molecule has 90 valence electrons. The van der Waals surface area contributed by atoms with E-state index >= 15 is 0 Å². The van der Waals surface area contributed by atoms with Crippen LogP contribution in [0.1, 0.15) is 5.56 Å². The van der Waals surface area contributed by atoms with Crippen LogP contribution < -0.4 is 4.57 Å². The van der Waals surface area contributed by atoms with Crippen molar-refractivity contribution in [2.75, 3.05) is 0 Å². The molecule has 6 heteroatoms. The Morgan fingerprint density at radius 2 is 2.26 bits per heavy atom. The number of imidazole rings is 1. The Kier molecular flexibility index (Phi) is 1.44. The van der Waals surface area contributed by atoms with Gasteiger partial charge in [0.2, 0.25) is 0 Å². The van der Waals surface area contributed by atoms with Crippen molar-refractivity contribution in [2.45, 2.75) is 6.54 Å². The van der Waals surface area contributed by atoms with Crippen LogP contribution in [0.25, 0.3) is 28.5 Å². The number of oxazole rings is 1. The van der Waals surface area contributed by atoms with Crippen LogP contribution in [-0.2, 0) is 6.54 Å². The number of fused-ring (bicyclic) bond motifs is 7. The highest BCUT2D eigenvalue weighted by Crippen LogP contribution is 2.29. The molecule has 0 aromatic carbocycles. The second-order valence-electron chi connectivity index (χ2n) is 4.56. The minimum Gasteiger partial charge on any atom is -0.395 e. The molecule has 4 aromatic heterocycles. The zero-order chi connectivity index (χ0) is 12.4. The largest absolute Gasteiger partial charge is 0.395 e. The van der Waals surface area contributed by atoms with Crippen molar-refractivity contribution in [3.63, 3.8) is 0 Å². The summed E-state index contributed by atoms with van der Waals surface area (Å²) in [6.45, 7) is 0.768. The van der Waals surface area contributed by atoms with Crippen LogP contribution in [0, 0.1) is 0 Å². The maximum absolute atomic E-state index is 5.95. The first-order valence-electron chi connectivity index (χ1n) is 6.01. The van der Waals surface area contributed by atoms with Gasteiger partial charge in [0.1, 0.15) is 6.54 Å². The first kappa shape index (κ1) is 9.21. The van der Waals surface area contributed by atoms with Gasteiger partial charge in [0.25, 0.3) is 5.65 Å². The van der Waals surface area contributed by atoms with Gasteiger partial charge in [-0.15, -0.1) is 0 Å². The monoisotopic (exact) mass is 250 g/mol. The van der Waals surface area contributed by atoms with Gasteiger partial charge in [-0.3, -0.25) is 4.98 Å². The Hall–Kier alpha value is -2.76. The first-order valence-corrected chi connectivity index (χ1v) is 6.01. The first-order chi connectivity index (χ1) is 9.42. The molecule has 0 radical (unpaired) electrons. The van der Waals surface area contributed by atoms with Gasteiger partial charge in [0, 0.05) is 30.2 Å². The number of hydrogen-bond acceptors (Lipinski definition) is 4. The van der Waals surface area contributed by atoms with Gasteiger partial charge in [0.15, 0.2) is 0 Å². The second-order valence-corrected chi connectivity index (χ2v) is 4.56. The standard InChI is InChI=1S/C13H8N5O/c1-2-10-16-11-13(18(10)15-4-1)19-12-9-6-14-5-3-8(9)7-17(11)12/h1-6H,7H2/q+1. The van der Waals surface area contributed by atoms with E-state index in [4.69, 9.17) is 4.42 Å². The predicted molar refractivity (Wildman–Crippen MR) is 65.3 cm³/mol. The lowest BCUT2D eigenvalue weighted by Crippen LogP contribution is -2.30. The number of nitrogens with zero attached hydrogens (tertiary/aromatic N) is 5. The predicted octanol–water partition coefficient (Wildman–Crippen LogP) is 1.19. The van der Waals surface area contributed by atoms with E-state index in [2.05, 4.69) is 19.6 Å². The Labute approximate surface area is 106 Å². The van der Waals surface area contributed by atoms with Gasteiger partial charge in [-0.1, -0.05) is 0 Å². The van der Waals surface area contributed by atoms with E-state index < -0.39 is 0 Å². The molecule has 0 saturated heterocycles. The van der Waals surface area contributed by atoms with E-state index in [-0.39, 0.29) is 0 Å². The molecule has 5 rings (SSSR count). The molecule has 19 heavy (non-hydrogen) atoms. The topological polar surface area (TPSA) is 60.1 Å². The molecule has 4 aromatic rings. The smallest absolute Gasteiger partial charge is 0.392 e. The zero-order valence-corrected chi connectivity index (χ0v) is 9.82. The third-order valence-corrected chi connectivity index (χ3v) is 3.50. The summed E-state index contributed by atoms with van der Waals surface area (Å²) in [5, 5.41) is 4.27. The van der Waals surface area contributed by atoms with Crippen LogP contribution in [0.5, 0.6) is 0 Å². The molecule has 0 atom stereocenters. The molecule has 5 heterocycles. The van der Waals surface area contributed by atoms with Crippen LogP contribution in [0.15, 0.2) is 41.2 Å². The average Bonchev–Trinajstić information content (AvgIpc) is 3.07. The summed E-state index contributed by atoms with van der Waals surface area (Å²) in [6.07, 6.45) is 5.35. The van der Waals surface area contributed by atoms with Crippen molar-refractivity contribution in [1.82, 2.24) is 19.6 Å². The summed E-state index contributed by atoms with van der Waals surface area (Å²) in [5.41, 5.74) is 4.54. The van der Waals surface area contributed by atoms with Crippen molar-refractivity contribution in [3.8, 4) is 11.5 Å². The summed E-state index contributed by atoms with van der Waals surface area (Å²) in [5.74, 6) is 0.806. The molecular weight excluding hydrogens is 242 g/mol. The minimum atomic E-state index is 0.681. The molecule has 0 saturated carbocycles. The molecule has 0 aliphatic carbocycles. The lowest BCUT2D eigenvalue weighted by Gasteiger charge is -1.91. The number of hydrogen-bond donors (Lipinski definition) is 0. The van der Waals surface area contributed by atoms with Crippen molar-refractivity contribution < 1.29 is 8.98 Å². The van der Waals surface area contributed by atoms with E-state index in [0.29, 0.717) is 5.71 Å². The normalized spacial score (nSPS) is 13.1. The minimum absolute atomic E-state index is 0.681. The molecule has 0 bridgehead atoms. The van der Waals surface area contributed by atoms with Gasteiger partial charge < -0.3 is 4.42 Å². The molecule has 0 spiro atoms. The fraction of sp³-hybridized carbons (Fsp3) is 0.0769. The molecule has 6 nitrogen and oxygen atoms in total. The fourth-order valence-corrected chi connectivity index (χ4v) is 2.63. The molecular formula is C13H8N5O+. The molecule has 1 aliphatic rings. The molecule has 0 unspecified atom stereocenters. The Balaban J connectivity index is 1.93.